The first-order valence-corrected chi connectivity index (χ1v) is 8.28. The number of amides is 1. The summed E-state index contributed by atoms with van der Waals surface area (Å²) in [5, 5.41) is 11.9. The summed E-state index contributed by atoms with van der Waals surface area (Å²) in [6.45, 7) is 9.23. The molecule has 0 bridgehead atoms. The SMILES string of the molecule is CC1CN(C(=O)c2cccc(-c3nnnn3C(C)C)c2)CC(C)O1. The third-order valence-corrected chi connectivity index (χ3v) is 4.06. The topological polar surface area (TPSA) is 73.1 Å². The lowest BCUT2D eigenvalue weighted by Crippen LogP contribution is -2.48. The molecule has 2 unspecified atom stereocenters. The van der Waals surface area contributed by atoms with E-state index in [9.17, 15) is 4.79 Å². The van der Waals surface area contributed by atoms with Crippen LogP contribution in [-0.2, 0) is 4.74 Å². The maximum absolute atomic E-state index is 12.8. The number of tetrazole rings is 1. The zero-order chi connectivity index (χ0) is 17.3. The van der Waals surface area contributed by atoms with Gasteiger partial charge in [-0.15, -0.1) is 5.10 Å². The highest BCUT2D eigenvalue weighted by Gasteiger charge is 2.27. The van der Waals surface area contributed by atoms with Gasteiger partial charge in [0.15, 0.2) is 5.82 Å². The van der Waals surface area contributed by atoms with Crippen molar-refractivity contribution >= 4 is 5.91 Å². The van der Waals surface area contributed by atoms with Crippen LogP contribution >= 0.6 is 0 Å². The molecule has 1 amide bonds. The highest BCUT2D eigenvalue weighted by Crippen LogP contribution is 2.22. The Morgan fingerprint density at radius 1 is 1.25 bits per heavy atom. The third-order valence-electron chi connectivity index (χ3n) is 4.06. The molecule has 0 spiro atoms. The molecule has 128 valence electrons. The second kappa shape index (κ2) is 6.68. The average molecular weight is 329 g/mol. The lowest BCUT2D eigenvalue weighted by Gasteiger charge is -2.35. The smallest absolute Gasteiger partial charge is 0.254 e. The van der Waals surface area contributed by atoms with Crippen molar-refractivity contribution in [2.75, 3.05) is 13.1 Å². The minimum Gasteiger partial charge on any atom is -0.372 e. The first kappa shape index (κ1) is 16.6. The molecular weight excluding hydrogens is 306 g/mol. The number of ether oxygens (including phenoxy) is 1. The van der Waals surface area contributed by atoms with E-state index in [2.05, 4.69) is 15.5 Å². The van der Waals surface area contributed by atoms with Gasteiger partial charge in [0.1, 0.15) is 0 Å². The molecule has 1 fully saturated rings. The van der Waals surface area contributed by atoms with Gasteiger partial charge in [0.05, 0.1) is 18.2 Å². The predicted molar refractivity (Wildman–Crippen MR) is 89.6 cm³/mol. The van der Waals surface area contributed by atoms with Crippen LogP contribution in [0.5, 0.6) is 0 Å². The van der Waals surface area contributed by atoms with Crippen LogP contribution in [-0.4, -0.2) is 56.3 Å². The van der Waals surface area contributed by atoms with E-state index >= 15 is 0 Å². The summed E-state index contributed by atoms with van der Waals surface area (Å²) in [5.74, 6) is 0.686. The lowest BCUT2D eigenvalue weighted by molar-refractivity contribution is -0.0586. The Labute approximate surface area is 141 Å². The maximum atomic E-state index is 12.8. The Hall–Kier alpha value is -2.28. The van der Waals surface area contributed by atoms with E-state index in [1.165, 1.54) is 0 Å². The summed E-state index contributed by atoms with van der Waals surface area (Å²) in [6, 6.07) is 7.63. The number of benzene rings is 1. The van der Waals surface area contributed by atoms with Gasteiger partial charge in [-0.2, -0.15) is 0 Å². The molecule has 1 aromatic carbocycles. The monoisotopic (exact) mass is 329 g/mol. The van der Waals surface area contributed by atoms with Gasteiger partial charge in [-0.3, -0.25) is 4.79 Å². The molecule has 0 aliphatic carbocycles. The second-order valence-corrected chi connectivity index (χ2v) is 6.59. The number of hydrogen-bond donors (Lipinski definition) is 0. The van der Waals surface area contributed by atoms with E-state index < -0.39 is 0 Å². The molecule has 1 aliphatic rings. The summed E-state index contributed by atoms with van der Waals surface area (Å²) in [6.07, 6.45) is 0.100. The van der Waals surface area contributed by atoms with Crippen LogP contribution in [0.15, 0.2) is 24.3 Å². The van der Waals surface area contributed by atoms with Crippen LogP contribution in [0.25, 0.3) is 11.4 Å². The molecule has 0 radical (unpaired) electrons. The van der Waals surface area contributed by atoms with Crippen molar-refractivity contribution < 1.29 is 9.53 Å². The van der Waals surface area contributed by atoms with Crippen molar-refractivity contribution in [3.05, 3.63) is 29.8 Å². The molecule has 1 aromatic heterocycles. The molecule has 24 heavy (non-hydrogen) atoms. The number of hydrogen-bond acceptors (Lipinski definition) is 5. The van der Waals surface area contributed by atoms with E-state index in [-0.39, 0.29) is 24.2 Å². The van der Waals surface area contributed by atoms with Crippen LogP contribution in [0.1, 0.15) is 44.1 Å². The number of morpholine rings is 1. The summed E-state index contributed by atoms with van der Waals surface area (Å²) < 4.78 is 7.46. The predicted octanol–water partition coefficient (Wildman–Crippen LogP) is 2.17. The molecule has 2 atom stereocenters. The Bertz CT molecular complexity index is 717. The first-order chi connectivity index (χ1) is 11.5. The standard InChI is InChI=1S/C17H23N5O2/c1-11(2)22-16(18-19-20-22)14-6-5-7-15(8-14)17(23)21-9-12(3)24-13(4)10-21/h5-8,11-13H,9-10H2,1-4H3. The highest BCUT2D eigenvalue weighted by atomic mass is 16.5. The number of carbonyl (C=O) groups is 1. The lowest BCUT2D eigenvalue weighted by atomic mass is 10.1. The molecule has 2 aromatic rings. The van der Waals surface area contributed by atoms with Crippen molar-refractivity contribution in [3.8, 4) is 11.4 Å². The van der Waals surface area contributed by atoms with Gasteiger partial charge in [0.2, 0.25) is 0 Å². The average Bonchev–Trinajstić information content (AvgIpc) is 3.03. The number of nitrogens with zero attached hydrogens (tertiary/aromatic N) is 5. The molecule has 2 heterocycles. The highest BCUT2D eigenvalue weighted by molar-refractivity contribution is 5.95. The van der Waals surface area contributed by atoms with Gasteiger partial charge in [0.25, 0.3) is 5.91 Å². The zero-order valence-corrected chi connectivity index (χ0v) is 14.5. The zero-order valence-electron chi connectivity index (χ0n) is 14.5. The largest absolute Gasteiger partial charge is 0.372 e. The molecule has 1 saturated heterocycles. The van der Waals surface area contributed by atoms with Gasteiger partial charge in [-0.25, -0.2) is 4.68 Å². The van der Waals surface area contributed by atoms with E-state index in [1.807, 2.05) is 56.9 Å². The number of carbonyl (C=O) groups excluding carboxylic acids is 1. The van der Waals surface area contributed by atoms with Crippen LogP contribution in [0.3, 0.4) is 0 Å². The Morgan fingerprint density at radius 3 is 2.62 bits per heavy atom. The minimum atomic E-state index is 0.0161. The Morgan fingerprint density at radius 2 is 1.96 bits per heavy atom. The summed E-state index contributed by atoms with van der Waals surface area (Å²) >= 11 is 0. The van der Waals surface area contributed by atoms with Crippen molar-refractivity contribution in [1.29, 1.82) is 0 Å². The van der Waals surface area contributed by atoms with E-state index in [0.29, 0.717) is 24.5 Å². The fourth-order valence-electron chi connectivity index (χ4n) is 3.05. The van der Waals surface area contributed by atoms with Gasteiger partial charge in [0, 0.05) is 24.2 Å². The van der Waals surface area contributed by atoms with E-state index in [1.54, 1.807) is 4.68 Å². The van der Waals surface area contributed by atoms with E-state index in [4.69, 9.17) is 4.74 Å². The number of aromatic nitrogens is 4. The molecule has 1 aliphatic heterocycles. The molecule has 0 N–H and O–H groups in total. The van der Waals surface area contributed by atoms with E-state index in [0.717, 1.165) is 5.56 Å². The third kappa shape index (κ3) is 3.31. The molecular formula is C17H23N5O2. The molecule has 7 heteroatoms. The molecule has 0 saturated carbocycles. The van der Waals surface area contributed by atoms with Crippen LogP contribution in [0.4, 0.5) is 0 Å². The summed E-state index contributed by atoms with van der Waals surface area (Å²) in [4.78, 5) is 14.7. The Balaban J connectivity index is 1.87. The maximum Gasteiger partial charge on any atom is 0.254 e. The van der Waals surface area contributed by atoms with Crippen LogP contribution < -0.4 is 0 Å². The van der Waals surface area contributed by atoms with Crippen LogP contribution in [0, 0.1) is 0 Å². The van der Waals surface area contributed by atoms with Crippen molar-refractivity contribution in [2.24, 2.45) is 0 Å². The van der Waals surface area contributed by atoms with Gasteiger partial charge >= 0.3 is 0 Å². The fourth-order valence-corrected chi connectivity index (χ4v) is 3.05. The van der Waals surface area contributed by atoms with Crippen molar-refractivity contribution in [1.82, 2.24) is 25.1 Å². The minimum absolute atomic E-state index is 0.0161. The number of rotatable bonds is 3. The molecule has 3 rings (SSSR count). The Kier molecular flexibility index (Phi) is 4.62. The van der Waals surface area contributed by atoms with Gasteiger partial charge in [-0.1, -0.05) is 12.1 Å². The van der Waals surface area contributed by atoms with Crippen molar-refractivity contribution in [2.45, 2.75) is 45.9 Å². The van der Waals surface area contributed by atoms with Crippen molar-refractivity contribution in [3.63, 3.8) is 0 Å². The van der Waals surface area contributed by atoms with Crippen LogP contribution in [0.2, 0.25) is 0 Å². The van der Waals surface area contributed by atoms with Gasteiger partial charge in [-0.05, 0) is 50.3 Å². The normalized spacial score (nSPS) is 21.3. The first-order valence-electron chi connectivity index (χ1n) is 8.28. The van der Waals surface area contributed by atoms with Gasteiger partial charge < -0.3 is 9.64 Å². The quantitative estimate of drug-likeness (QED) is 0.863. The summed E-state index contributed by atoms with van der Waals surface area (Å²) in [7, 11) is 0. The second-order valence-electron chi connectivity index (χ2n) is 6.59. The summed E-state index contributed by atoms with van der Waals surface area (Å²) in [5.41, 5.74) is 1.49. The molecule has 7 nitrogen and oxygen atoms in total. The fraction of sp³-hybridized carbons (Fsp3) is 0.529.